The molecule has 6 heteroatoms. The van der Waals surface area contributed by atoms with Gasteiger partial charge < -0.3 is 10.4 Å². The topological polar surface area (TPSA) is 62.2 Å². The first kappa shape index (κ1) is 12.5. The van der Waals surface area contributed by atoms with E-state index in [1.54, 1.807) is 11.3 Å². The highest BCUT2D eigenvalue weighted by Gasteiger charge is 2.12. The molecule has 0 bridgehead atoms. The Kier molecular flexibility index (Phi) is 3.57. The fraction of sp³-hybridized carbons (Fsp3) is 0.167. The van der Waals surface area contributed by atoms with E-state index in [1.807, 2.05) is 19.1 Å². The molecule has 0 saturated carbocycles. The quantitative estimate of drug-likeness (QED) is 0.893. The number of anilines is 1. The Labute approximate surface area is 107 Å². The van der Waals surface area contributed by atoms with Crippen molar-refractivity contribution in [3.63, 3.8) is 0 Å². The van der Waals surface area contributed by atoms with Crippen molar-refractivity contribution in [3.8, 4) is 0 Å². The lowest BCUT2D eigenvalue weighted by molar-refractivity contribution is 0.0697. The maximum Gasteiger partial charge on any atom is 0.339 e. The summed E-state index contributed by atoms with van der Waals surface area (Å²) in [6.07, 6.45) is 0.994. The second-order valence-electron chi connectivity index (χ2n) is 3.72. The van der Waals surface area contributed by atoms with Crippen LogP contribution in [0.25, 0.3) is 0 Å². The number of carbonyl (C=O) groups is 1. The zero-order chi connectivity index (χ0) is 13.1. The van der Waals surface area contributed by atoms with E-state index in [-0.39, 0.29) is 11.4 Å². The number of carboxylic acids is 1. The maximum atomic E-state index is 12.9. The van der Waals surface area contributed by atoms with Crippen molar-refractivity contribution in [2.24, 2.45) is 0 Å². The molecule has 0 saturated heterocycles. The molecule has 2 rings (SSSR count). The Morgan fingerprint density at radius 3 is 2.94 bits per heavy atom. The molecule has 0 spiro atoms. The van der Waals surface area contributed by atoms with Crippen molar-refractivity contribution in [1.82, 2.24) is 4.98 Å². The molecule has 18 heavy (non-hydrogen) atoms. The van der Waals surface area contributed by atoms with Gasteiger partial charge in [-0.25, -0.2) is 14.2 Å². The maximum absolute atomic E-state index is 12.9. The molecule has 0 aliphatic heterocycles. The number of aromatic carboxylic acids is 1. The number of hydrogen-bond donors (Lipinski definition) is 2. The minimum absolute atomic E-state index is 0.164. The van der Waals surface area contributed by atoms with Gasteiger partial charge in [0.2, 0.25) is 0 Å². The molecular formula is C12H11FN2O2S. The van der Waals surface area contributed by atoms with Gasteiger partial charge in [-0.2, -0.15) is 0 Å². The van der Waals surface area contributed by atoms with Crippen LogP contribution in [0.4, 0.5) is 10.2 Å². The Morgan fingerprint density at radius 2 is 2.33 bits per heavy atom. The van der Waals surface area contributed by atoms with E-state index in [1.165, 1.54) is 4.88 Å². The van der Waals surface area contributed by atoms with Crippen LogP contribution in [0, 0.1) is 12.7 Å². The fourth-order valence-corrected chi connectivity index (χ4v) is 2.32. The molecule has 0 aromatic carbocycles. The first-order valence-corrected chi connectivity index (χ1v) is 6.06. The van der Waals surface area contributed by atoms with Gasteiger partial charge in [-0.15, -0.1) is 11.3 Å². The minimum Gasteiger partial charge on any atom is -0.478 e. The zero-order valence-corrected chi connectivity index (χ0v) is 10.4. The standard InChI is InChI=1S/C12H11FN2O2S/c1-7-2-3-9(18-7)6-15-11-10(12(16)17)4-8(13)5-14-11/h2-5H,6H2,1H3,(H,14,15)(H,16,17). The summed E-state index contributed by atoms with van der Waals surface area (Å²) in [5.74, 6) is -1.69. The highest BCUT2D eigenvalue weighted by molar-refractivity contribution is 7.11. The summed E-state index contributed by atoms with van der Waals surface area (Å²) in [5, 5.41) is 11.9. The molecule has 2 N–H and O–H groups in total. The Morgan fingerprint density at radius 1 is 1.56 bits per heavy atom. The van der Waals surface area contributed by atoms with Crippen LogP contribution in [0.2, 0.25) is 0 Å². The normalized spacial score (nSPS) is 10.3. The predicted molar refractivity (Wildman–Crippen MR) is 67.5 cm³/mol. The number of rotatable bonds is 4. The number of hydrogen-bond acceptors (Lipinski definition) is 4. The second kappa shape index (κ2) is 5.14. The van der Waals surface area contributed by atoms with Gasteiger partial charge in [-0.05, 0) is 25.1 Å². The largest absolute Gasteiger partial charge is 0.478 e. The van der Waals surface area contributed by atoms with Crippen LogP contribution in [0.1, 0.15) is 20.1 Å². The van der Waals surface area contributed by atoms with Gasteiger partial charge in [-0.1, -0.05) is 0 Å². The number of nitrogens with one attached hydrogen (secondary N) is 1. The average molecular weight is 266 g/mol. The smallest absolute Gasteiger partial charge is 0.339 e. The molecule has 0 radical (unpaired) electrons. The van der Waals surface area contributed by atoms with Crippen molar-refractivity contribution in [3.05, 3.63) is 45.5 Å². The number of nitrogens with zero attached hydrogens (tertiary/aromatic N) is 1. The van der Waals surface area contributed by atoms with E-state index in [0.717, 1.165) is 17.1 Å². The highest BCUT2D eigenvalue weighted by atomic mass is 32.1. The third kappa shape index (κ3) is 2.84. The molecule has 0 fully saturated rings. The zero-order valence-electron chi connectivity index (χ0n) is 9.61. The van der Waals surface area contributed by atoms with E-state index in [4.69, 9.17) is 5.11 Å². The summed E-state index contributed by atoms with van der Waals surface area (Å²) in [5.41, 5.74) is -0.164. The van der Waals surface area contributed by atoms with Gasteiger partial charge in [0.05, 0.1) is 12.7 Å². The highest BCUT2D eigenvalue weighted by Crippen LogP contribution is 2.18. The molecule has 0 amide bonds. The van der Waals surface area contributed by atoms with Crippen LogP contribution in [0.5, 0.6) is 0 Å². The van der Waals surface area contributed by atoms with E-state index in [9.17, 15) is 9.18 Å². The molecule has 94 valence electrons. The van der Waals surface area contributed by atoms with E-state index >= 15 is 0 Å². The monoisotopic (exact) mass is 266 g/mol. The van der Waals surface area contributed by atoms with Crippen LogP contribution < -0.4 is 5.32 Å². The van der Waals surface area contributed by atoms with Crippen molar-refractivity contribution in [2.75, 3.05) is 5.32 Å². The molecule has 0 aliphatic carbocycles. The molecule has 2 aromatic rings. The molecule has 4 nitrogen and oxygen atoms in total. The number of aromatic nitrogens is 1. The lowest BCUT2D eigenvalue weighted by atomic mass is 10.2. The van der Waals surface area contributed by atoms with Crippen molar-refractivity contribution >= 4 is 23.1 Å². The SMILES string of the molecule is Cc1ccc(CNc2ncc(F)cc2C(=O)O)s1. The van der Waals surface area contributed by atoms with E-state index in [0.29, 0.717) is 6.54 Å². The molecule has 2 aromatic heterocycles. The summed E-state index contributed by atoms with van der Waals surface area (Å²) in [4.78, 5) is 16.9. The Bertz CT molecular complexity index is 583. The molecule has 0 unspecified atom stereocenters. The summed E-state index contributed by atoms with van der Waals surface area (Å²) >= 11 is 1.61. The number of pyridine rings is 1. The van der Waals surface area contributed by atoms with Crippen molar-refractivity contribution in [1.29, 1.82) is 0 Å². The van der Waals surface area contributed by atoms with Crippen LogP contribution in [-0.4, -0.2) is 16.1 Å². The summed E-state index contributed by atoms with van der Waals surface area (Å²) in [6.45, 7) is 2.46. The van der Waals surface area contributed by atoms with Gasteiger partial charge in [0, 0.05) is 9.75 Å². The van der Waals surface area contributed by atoms with Crippen LogP contribution >= 0.6 is 11.3 Å². The van der Waals surface area contributed by atoms with Gasteiger partial charge in [0.25, 0.3) is 0 Å². The van der Waals surface area contributed by atoms with Crippen molar-refractivity contribution < 1.29 is 14.3 Å². The third-order valence-corrected chi connectivity index (χ3v) is 3.31. The van der Waals surface area contributed by atoms with E-state index < -0.39 is 11.8 Å². The number of aryl methyl sites for hydroxylation is 1. The molecular weight excluding hydrogens is 255 g/mol. The first-order valence-electron chi connectivity index (χ1n) is 5.24. The Hall–Kier alpha value is -1.95. The van der Waals surface area contributed by atoms with Gasteiger partial charge in [0.15, 0.2) is 0 Å². The van der Waals surface area contributed by atoms with Crippen molar-refractivity contribution in [2.45, 2.75) is 13.5 Å². The Balaban J connectivity index is 2.16. The fourth-order valence-electron chi connectivity index (χ4n) is 1.49. The minimum atomic E-state index is -1.20. The number of carboxylic acid groups (broad SMARTS) is 1. The predicted octanol–water partition coefficient (Wildman–Crippen LogP) is 2.90. The lowest BCUT2D eigenvalue weighted by Crippen LogP contribution is -2.08. The molecule has 0 atom stereocenters. The third-order valence-electron chi connectivity index (χ3n) is 2.31. The molecule has 0 aliphatic rings. The van der Waals surface area contributed by atoms with E-state index in [2.05, 4.69) is 10.3 Å². The lowest BCUT2D eigenvalue weighted by Gasteiger charge is -2.07. The van der Waals surface area contributed by atoms with Gasteiger partial charge >= 0.3 is 5.97 Å². The first-order chi connectivity index (χ1) is 8.56. The van der Waals surface area contributed by atoms with Gasteiger partial charge in [0.1, 0.15) is 17.2 Å². The second-order valence-corrected chi connectivity index (χ2v) is 5.09. The van der Waals surface area contributed by atoms with Gasteiger partial charge in [-0.3, -0.25) is 0 Å². The van der Waals surface area contributed by atoms with Crippen LogP contribution in [-0.2, 0) is 6.54 Å². The van der Waals surface area contributed by atoms with Crippen LogP contribution in [0.15, 0.2) is 24.4 Å². The molecule has 2 heterocycles. The summed E-state index contributed by atoms with van der Waals surface area (Å²) < 4.78 is 12.9. The summed E-state index contributed by atoms with van der Waals surface area (Å²) in [6, 6.07) is 4.90. The number of halogens is 1. The summed E-state index contributed by atoms with van der Waals surface area (Å²) in [7, 11) is 0. The number of thiophene rings is 1. The van der Waals surface area contributed by atoms with Crippen LogP contribution in [0.3, 0.4) is 0 Å². The average Bonchev–Trinajstić information content (AvgIpc) is 2.73.